The van der Waals surface area contributed by atoms with Crippen LogP contribution >= 0.6 is 0 Å². The van der Waals surface area contributed by atoms with Crippen LogP contribution in [0.5, 0.6) is 0 Å². The maximum Gasteiger partial charge on any atom is 0.00218 e. The molecule has 0 spiro atoms. The van der Waals surface area contributed by atoms with Crippen molar-refractivity contribution >= 4 is 10.8 Å². The summed E-state index contributed by atoms with van der Waals surface area (Å²) in [6, 6.07) is 15.6. The highest BCUT2D eigenvalue weighted by atomic mass is 15.1. The Labute approximate surface area is 134 Å². The van der Waals surface area contributed by atoms with Crippen LogP contribution in [0.3, 0.4) is 0 Å². The van der Waals surface area contributed by atoms with Crippen molar-refractivity contribution < 1.29 is 0 Å². The number of benzene rings is 2. The van der Waals surface area contributed by atoms with Gasteiger partial charge in [-0.25, -0.2) is 0 Å². The number of likely N-dealkylation sites (tertiary alicyclic amines) is 1. The summed E-state index contributed by atoms with van der Waals surface area (Å²) in [4.78, 5) is 2.64. The molecular formula is C20H28N2. The van der Waals surface area contributed by atoms with Crippen molar-refractivity contribution in [3.63, 3.8) is 0 Å². The number of rotatable bonds is 6. The Balaban J connectivity index is 1.48. The molecule has 1 fully saturated rings. The van der Waals surface area contributed by atoms with E-state index in [4.69, 9.17) is 0 Å². The van der Waals surface area contributed by atoms with Crippen LogP contribution in [-0.4, -0.2) is 38.1 Å². The summed E-state index contributed by atoms with van der Waals surface area (Å²) in [7, 11) is 2.05. The molecule has 22 heavy (non-hydrogen) atoms. The van der Waals surface area contributed by atoms with Crippen molar-refractivity contribution in [2.75, 3.05) is 33.2 Å². The van der Waals surface area contributed by atoms with Gasteiger partial charge in [-0.15, -0.1) is 0 Å². The second-order valence-electron chi connectivity index (χ2n) is 6.61. The molecule has 1 saturated heterocycles. The Morgan fingerprint density at radius 1 is 1.05 bits per heavy atom. The fraction of sp³-hybridized carbons (Fsp3) is 0.500. The third kappa shape index (κ3) is 4.08. The third-order valence-corrected chi connectivity index (χ3v) is 5.04. The molecule has 1 heterocycles. The molecule has 2 heteroatoms. The van der Waals surface area contributed by atoms with Crippen molar-refractivity contribution in [2.24, 2.45) is 5.92 Å². The first-order valence-electron chi connectivity index (χ1n) is 8.70. The second-order valence-corrected chi connectivity index (χ2v) is 6.61. The molecule has 3 rings (SSSR count). The van der Waals surface area contributed by atoms with E-state index in [2.05, 4.69) is 59.7 Å². The molecule has 2 nitrogen and oxygen atoms in total. The molecule has 0 aliphatic carbocycles. The van der Waals surface area contributed by atoms with Gasteiger partial charge in [-0.1, -0.05) is 42.5 Å². The van der Waals surface area contributed by atoms with Gasteiger partial charge in [-0.3, -0.25) is 0 Å². The standard InChI is InChI=1S/C20H28N2/c1-21-12-8-17-9-13-22(14-10-17)15-11-18-6-7-19-4-2-3-5-20(19)16-18/h2-7,16-17,21H,8-15H2,1H3. The van der Waals surface area contributed by atoms with E-state index in [1.165, 1.54) is 68.2 Å². The van der Waals surface area contributed by atoms with E-state index < -0.39 is 0 Å². The summed E-state index contributed by atoms with van der Waals surface area (Å²) in [5, 5.41) is 5.98. The highest BCUT2D eigenvalue weighted by Crippen LogP contribution is 2.21. The van der Waals surface area contributed by atoms with Crippen molar-refractivity contribution in [1.29, 1.82) is 0 Å². The molecule has 2 aromatic carbocycles. The quantitative estimate of drug-likeness (QED) is 0.874. The van der Waals surface area contributed by atoms with Gasteiger partial charge in [0.05, 0.1) is 0 Å². The minimum atomic E-state index is 0.935. The smallest absolute Gasteiger partial charge is 0.00218 e. The number of nitrogens with one attached hydrogen (secondary N) is 1. The van der Waals surface area contributed by atoms with Crippen molar-refractivity contribution in [2.45, 2.75) is 25.7 Å². The van der Waals surface area contributed by atoms with Crippen LogP contribution < -0.4 is 5.32 Å². The molecule has 0 radical (unpaired) electrons. The van der Waals surface area contributed by atoms with Crippen LogP contribution in [0.2, 0.25) is 0 Å². The summed E-state index contributed by atoms with van der Waals surface area (Å²) in [5.41, 5.74) is 1.47. The molecular weight excluding hydrogens is 268 g/mol. The molecule has 1 N–H and O–H groups in total. The van der Waals surface area contributed by atoms with E-state index in [0.717, 1.165) is 5.92 Å². The SMILES string of the molecule is CNCCC1CCN(CCc2ccc3ccccc3c2)CC1. The van der Waals surface area contributed by atoms with E-state index in [1.54, 1.807) is 0 Å². The van der Waals surface area contributed by atoms with E-state index >= 15 is 0 Å². The third-order valence-electron chi connectivity index (χ3n) is 5.04. The average Bonchev–Trinajstić information content (AvgIpc) is 2.59. The monoisotopic (exact) mass is 296 g/mol. The maximum atomic E-state index is 3.27. The molecule has 118 valence electrons. The summed E-state index contributed by atoms with van der Waals surface area (Å²) in [6.07, 6.45) is 5.26. The van der Waals surface area contributed by atoms with Crippen LogP contribution in [-0.2, 0) is 6.42 Å². The van der Waals surface area contributed by atoms with Crippen LogP contribution in [0.25, 0.3) is 10.8 Å². The molecule has 0 amide bonds. The Kier molecular flexibility index (Phi) is 5.47. The van der Waals surface area contributed by atoms with Crippen molar-refractivity contribution in [1.82, 2.24) is 10.2 Å². The van der Waals surface area contributed by atoms with Gasteiger partial charge in [0.1, 0.15) is 0 Å². The molecule has 0 atom stereocenters. The fourth-order valence-corrected chi connectivity index (χ4v) is 3.53. The van der Waals surface area contributed by atoms with Crippen LogP contribution in [0, 0.1) is 5.92 Å². The maximum absolute atomic E-state index is 3.27. The molecule has 1 aliphatic rings. The lowest BCUT2D eigenvalue weighted by Crippen LogP contribution is -2.35. The lowest BCUT2D eigenvalue weighted by molar-refractivity contribution is 0.181. The predicted octanol–water partition coefficient (Wildman–Crippen LogP) is 3.70. The predicted molar refractivity (Wildman–Crippen MR) is 95.4 cm³/mol. The van der Waals surface area contributed by atoms with E-state index in [9.17, 15) is 0 Å². The minimum Gasteiger partial charge on any atom is -0.320 e. The van der Waals surface area contributed by atoms with Gasteiger partial charge < -0.3 is 10.2 Å². The van der Waals surface area contributed by atoms with Crippen LogP contribution in [0.4, 0.5) is 0 Å². The highest BCUT2D eigenvalue weighted by Gasteiger charge is 2.18. The lowest BCUT2D eigenvalue weighted by atomic mass is 9.93. The van der Waals surface area contributed by atoms with Gasteiger partial charge in [0.15, 0.2) is 0 Å². The first kappa shape index (κ1) is 15.5. The number of fused-ring (bicyclic) bond motifs is 1. The number of hydrogen-bond donors (Lipinski definition) is 1. The van der Waals surface area contributed by atoms with Gasteiger partial charge in [0.2, 0.25) is 0 Å². The Morgan fingerprint density at radius 3 is 2.59 bits per heavy atom. The van der Waals surface area contributed by atoms with E-state index in [-0.39, 0.29) is 0 Å². The van der Waals surface area contributed by atoms with Crippen molar-refractivity contribution in [3.8, 4) is 0 Å². The number of piperidine rings is 1. The summed E-state index contributed by atoms with van der Waals surface area (Å²) in [5.74, 6) is 0.935. The van der Waals surface area contributed by atoms with Gasteiger partial charge >= 0.3 is 0 Å². The fourth-order valence-electron chi connectivity index (χ4n) is 3.53. The van der Waals surface area contributed by atoms with Crippen molar-refractivity contribution in [3.05, 3.63) is 48.0 Å². The Bertz CT molecular complexity index is 585. The number of hydrogen-bond acceptors (Lipinski definition) is 2. The van der Waals surface area contributed by atoms with Gasteiger partial charge in [-0.2, -0.15) is 0 Å². The molecule has 0 bridgehead atoms. The summed E-state index contributed by atoms with van der Waals surface area (Å²) < 4.78 is 0. The van der Waals surface area contributed by atoms with Crippen LogP contribution in [0.15, 0.2) is 42.5 Å². The average molecular weight is 296 g/mol. The molecule has 0 unspecified atom stereocenters. The molecule has 0 saturated carbocycles. The lowest BCUT2D eigenvalue weighted by Gasteiger charge is -2.32. The molecule has 2 aromatic rings. The molecule has 1 aliphatic heterocycles. The second kappa shape index (κ2) is 7.75. The first-order chi connectivity index (χ1) is 10.8. The Morgan fingerprint density at radius 2 is 1.82 bits per heavy atom. The summed E-state index contributed by atoms with van der Waals surface area (Å²) >= 11 is 0. The van der Waals surface area contributed by atoms with E-state index in [1.807, 2.05) is 0 Å². The first-order valence-corrected chi connectivity index (χ1v) is 8.70. The van der Waals surface area contributed by atoms with Gasteiger partial charge in [-0.05, 0) is 74.6 Å². The van der Waals surface area contributed by atoms with Crippen LogP contribution in [0.1, 0.15) is 24.8 Å². The largest absolute Gasteiger partial charge is 0.320 e. The zero-order valence-corrected chi connectivity index (χ0v) is 13.7. The normalized spacial score (nSPS) is 17.1. The highest BCUT2D eigenvalue weighted by molar-refractivity contribution is 5.82. The summed E-state index contributed by atoms with van der Waals surface area (Å²) in [6.45, 7) is 4.93. The topological polar surface area (TPSA) is 15.3 Å². The number of nitrogens with zero attached hydrogens (tertiary/aromatic N) is 1. The van der Waals surface area contributed by atoms with E-state index in [0.29, 0.717) is 0 Å². The zero-order valence-electron chi connectivity index (χ0n) is 13.7. The zero-order chi connectivity index (χ0) is 15.2. The van der Waals surface area contributed by atoms with Gasteiger partial charge in [0, 0.05) is 6.54 Å². The minimum absolute atomic E-state index is 0.935. The van der Waals surface area contributed by atoms with Gasteiger partial charge in [0.25, 0.3) is 0 Å². The molecule has 0 aromatic heterocycles. The Hall–Kier alpha value is -1.38.